The van der Waals surface area contributed by atoms with Crippen LogP contribution in [0.3, 0.4) is 0 Å². The van der Waals surface area contributed by atoms with E-state index in [0.717, 1.165) is 44.1 Å². The molecule has 2 N–H and O–H groups in total. The van der Waals surface area contributed by atoms with Gasteiger partial charge < -0.3 is 20.1 Å². The molecule has 6 heteroatoms. The van der Waals surface area contributed by atoms with Gasteiger partial charge in [-0.1, -0.05) is 30.3 Å². The standard InChI is InChI=1S/C21H30N2O4/c1-19(2,3)27-18(25)23-21-12-9-20(10-13-21,11-14-21)22-17(24)26-15-16-7-5-4-6-8-16/h4-8H,9-15H2,1-3H3,(H,22,24)(H,23,25). The van der Waals surface area contributed by atoms with Gasteiger partial charge >= 0.3 is 12.2 Å². The molecule has 27 heavy (non-hydrogen) atoms. The van der Waals surface area contributed by atoms with Crippen molar-refractivity contribution in [1.29, 1.82) is 0 Å². The van der Waals surface area contributed by atoms with Crippen LogP contribution in [0.15, 0.2) is 30.3 Å². The maximum Gasteiger partial charge on any atom is 0.408 e. The summed E-state index contributed by atoms with van der Waals surface area (Å²) in [6, 6.07) is 9.65. The van der Waals surface area contributed by atoms with Crippen molar-refractivity contribution in [2.45, 2.75) is 82.6 Å². The number of amides is 2. The number of nitrogens with one attached hydrogen (secondary N) is 2. The zero-order valence-electron chi connectivity index (χ0n) is 16.5. The molecule has 3 aliphatic rings. The maximum absolute atomic E-state index is 12.3. The van der Waals surface area contributed by atoms with Gasteiger partial charge in [0.05, 0.1) is 0 Å². The van der Waals surface area contributed by atoms with Gasteiger partial charge in [-0.05, 0) is 64.9 Å². The second kappa shape index (κ2) is 7.41. The largest absolute Gasteiger partial charge is 0.445 e. The summed E-state index contributed by atoms with van der Waals surface area (Å²) in [5.74, 6) is 0. The molecule has 1 aromatic rings. The van der Waals surface area contributed by atoms with E-state index < -0.39 is 5.60 Å². The van der Waals surface area contributed by atoms with Crippen molar-refractivity contribution in [2.24, 2.45) is 0 Å². The first kappa shape index (κ1) is 19.5. The van der Waals surface area contributed by atoms with Crippen LogP contribution in [0.25, 0.3) is 0 Å². The molecule has 0 unspecified atom stereocenters. The van der Waals surface area contributed by atoms with E-state index in [2.05, 4.69) is 10.6 Å². The predicted octanol–water partition coefficient (Wildman–Crippen LogP) is 4.28. The van der Waals surface area contributed by atoms with Gasteiger partial charge in [0.1, 0.15) is 12.2 Å². The molecule has 3 fully saturated rings. The summed E-state index contributed by atoms with van der Waals surface area (Å²) in [5.41, 5.74) is 0.0425. The third-order valence-electron chi connectivity index (χ3n) is 5.59. The van der Waals surface area contributed by atoms with Crippen molar-refractivity contribution in [3.8, 4) is 0 Å². The average Bonchev–Trinajstić information content (AvgIpc) is 2.61. The van der Waals surface area contributed by atoms with Crippen molar-refractivity contribution < 1.29 is 19.1 Å². The van der Waals surface area contributed by atoms with Gasteiger partial charge in [-0.15, -0.1) is 0 Å². The van der Waals surface area contributed by atoms with E-state index in [1.54, 1.807) is 0 Å². The topological polar surface area (TPSA) is 76.7 Å². The summed E-state index contributed by atoms with van der Waals surface area (Å²) < 4.78 is 10.8. The Morgan fingerprint density at radius 3 is 1.85 bits per heavy atom. The van der Waals surface area contributed by atoms with Gasteiger partial charge in [0.25, 0.3) is 0 Å². The summed E-state index contributed by atoms with van der Waals surface area (Å²) in [7, 11) is 0. The minimum Gasteiger partial charge on any atom is -0.445 e. The first-order chi connectivity index (χ1) is 12.7. The van der Waals surface area contributed by atoms with Crippen molar-refractivity contribution in [3.05, 3.63) is 35.9 Å². The third kappa shape index (κ3) is 5.15. The molecule has 0 spiro atoms. The first-order valence-electron chi connectivity index (χ1n) is 9.69. The summed E-state index contributed by atoms with van der Waals surface area (Å²) >= 11 is 0. The van der Waals surface area contributed by atoms with Gasteiger partial charge in [-0.25, -0.2) is 9.59 Å². The Bertz CT molecular complexity index is 657. The fourth-order valence-corrected chi connectivity index (χ4v) is 4.06. The lowest BCUT2D eigenvalue weighted by atomic mass is 9.61. The van der Waals surface area contributed by atoms with Crippen LogP contribution in [0.1, 0.15) is 64.9 Å². The van der Waals surface area contributed by atoms with Gasteiger partial charge in [-0.2, -0.15) is 0 Å². The number of carbonyl (C=O) groups is 2. The molecule has 0 atom stereocenters. The highest BCUT2D eigenvalue weighted by atomic mass is 16.6. The SMILES string of the molecule is CC(C)(C)OC(=O)NC12CCC(NC(=O)OCc3ccccc3)(CC1)CC2. The van der Waals surface area contributed by atoms with Crippen LogP contribution >= 0.6 is 0 Å². The molecule has 0 aromatic heterocycles. The summed E-state index contributed by atoms with van der Waals surface area (Å²) in [4.78, 5) is 24.4. The summed E-state index contributed by atoms with van der Waals surface area (Å²) in [6.07, 6.45) is 4.30. The van der Waals surface area contributed by atoms with Gasteiger partial charge in [-0.3, -0.25) is 0 Å². The number of benzene rings is 1. The van der Waals surface area contributed by atoms with Gasteiger partial charge in [0.2, 0.25) is 0 Å². The normalized spacial score (nSPS) is 26.9. The Balaban J connectivity index is 1.48. The fraction of sp³-hybridized carbons (Fsp3) is 0.619. The number of ether oxygens (including phenoxy) is 2. The number of fused-ring (bicyclic) bond motifs is 3. The van der Waals surface area contributed by atoms with Crippen LogP contribution in [-0.4, -0.2) is 28.9 Å². The summed E-state index contributed by atoms with van der Waals surface area (Å²) in [6.45, 7) is 5.86. The van der Waals surface area contributed by atoms with Crippen LogP contribution in [0, 0.1) is 0 Å². The zero-order valence-corrected chi connectivity index (χ0v) is 16.5. The Kier molecular flexibility index (Phi) is 5.36. The van der Waals surface area contributed by atoms with Crippen LogP contribution in [0.2, 0.25) is 0 Å². The molecular formula is C21H30N2O4. The molecule has 6 nitrogen and oxygen atoms in total. The maximum atomic E-state index is 12.3. The van der Waals surface area contributed by atoms with Gasteiger partial charge in [0.15, 0.2) is 0 Å². The Morgan fingerprint density at radius 2 is 1.37 bits per heavy atom. The van der Waals surface area contributed by atoms with Crippen LogP contribution in [-0.2, 0) is 16.1 Å². The monoisotopic (exact) mass is 374 g/mol. The molecule has 3 aliphatic carbocycles. The molecule has 0 saturated heterocycles. The van der Waals surface area contributed by atoms with Crippen molar-refractivity contribution in [1.82, 2.24) is 10.6 Å². The third-order valence-corrected chi connectivity index (χ3v) is 5.59. The molecule has 2 bridgehead atoms. The highest BCUT2D eigenvalue weighted by Crippen LogP contribution is 2.47. The summed E-state index contributed by atoms with van der Waals surface area (Å²) in [5, 5.41) is 6.18. The minimum atomic E-state index is -0.502. The zero-order chi connectivity index (χ0) is 19.5. The lowest BCUT2D eigenvalue weighted by Gasteiger charge is -2.53. The van der Waals surface area contributed by atoms with Crippen molar-refractivity contribution in [2.75, 3.05) is 0 Å². The van der Waals surface area contributed by atoms with Crippen LogP contribution in [0.4, 0.5) is 9.59 Å². The van der Waals surface area contributed by atoms with Crippen molar-refractivity contribution in [3.63, 3.8) is 0 Å². The van der Waals surface area contributed by atoms with E-state index in [4.69, 9.17) is 9.47 Å². The van der Waals surface area contributed by atoms with E-state index in [0.29, 0.717) is 0 Å². The molecule has 0 heterocycles. The Morgan fingerprint density at radius 1 is 0.889 bits per heavy atom. The van der Waals surface area contributed by atoms with Crippen LogP contribution in [0.5, 0.6) is 0 Å². The van der Waals surface area contributed by atoms with Gasteiger partial charge in [0, 0.05) is 11.1 Å². The minimum absolute atomic E-state index is 0.209. The van der Waals surface area contributed by atoms with Crippen LogP contribution < -0.4 is 10.6 Å². The molecule has 3 saturated carbocycles. The molecule has 148 valence electrons. The fourth-order valence-electron chi connectivity index (χ4n) is 4.06. The quantitative estimate of drug-likeness (QED) is 0.824. The lowest BCUT2D eigenvalue weighted by Crippen LogP contribution is -2.64. The molecule has 4 rings (SSSR count). The number of hydrogen-bond acceptors (Lipinski definition) is 4. The number of rotatable bonds is 4. The van der Waals surface area contributed by atoms with E-state index in [9.17, 15) is 9.59 Å². The second-order valence-electron chi connectivity index (χ2n) is 8.87. The Labute approximate surface area is 161 Å². The molecule has 1 aromatic carbocycles. The molecular weight excluding hydrogens is 344 g/mol. The average molecular weight is 374 g/mol. The molecule has 0 aliphatic heterocycles. The van der Waals surface area contributed by atoms with E-state index >= 15 is 0 Å². The predicted molar refractivity (Wildman–Crippen MR) is 102 cm³/mol. The van der Waals surface area contributed by atoms with E-state index in [1.807, 2.05) is 51.1 Å². The first-order valence-corrected chi connectivity index (χ1v) is 9.69. The lowest BCUT2D eigenvalue weighted by molar-refractivity contribution is 0.0189. The van der Waals surface area contributed by atoms with Crippen molar-refractivity contribution >= 4 is 12.2 Å². The molecule has 0 radical (unpaired) electrons. The highest BCUT2D eigenvalue weighted by Gasteiger charge is 2.50. The number of hydrogen-bond donors (Lipinski definition) is 2. The highest BCUT2D eigenvalue weighted by molar-refractivity contribution is 5.70. The Hall–Kier alpha value is -2.24. The number of carbonyl (C=O) groups excluding carboxylic acids is 2. The second-order valence-corrected chi connectivity index (χ2v) is 8.87. The van der Waals surface area contributed by atoms with E-state index in [-0.39, 0.29) is 29.9 Å². The van der Waals surface area contributed by atoms with E-state index in [1.165, 1.54) is 0 Å². The smallest absolute Gasteiger partial charge is 0.408 e. The molecule has 2 amide bonds. The number of alkyl carbamates (subject to hydrolysis) is 2.